The highest BCUT2D eigenvalue weighted by molar-refractivity contribution is 6.30. The molecule has 0 amide bonds. The van der Waals surface area contributed by atoms with E-state index in [1.807, 2.05) is 24.3 Å². The van der Waals surface area contributed by atoms with E-state index >= 15 is 0 Å². The lowest BCUT2D eigenvalue weighted by Crippen LogP contribution is -2.49. The number of ether oxygens (including phenoxy) is 1. The predicted molar refractivity (Wildman–Crippen MR) is 132 cm³/mol. The molecule has 0 fully saturated rings. The molecule has 0 bridgehead atoms. The van der Waals surface area contributed by atoms with Crippen LogP contribution < -0.4 is 9.64 Å². The van der Waals surface area contributed by atoms with Crippen molar-refractivity contribution in [2.24, 2.45) is 0 Å². The van der Waals surface area contributed by atoms with Crippen molar-refractivity contribution in [1.82, 2.24) is 0 Å². The Morgan fingerprint density at radius 2 is 1.48 bits per heavy atom. The first-order chi connectivity index (χ1) is 14.6. The van der Waals surface area contributed by atoms with Crippen molar-refractivity contribution >= 4 is 17.3 Å². The lowest BCUT2D eigenvalue weighted by molar-refractivity contribution is 0.0734. The first-order valence-electron chi connectivity index (χ1n) is 11.0. The summed E-state index contributed by atoms with van der Waals surface area (Å²) in [4.78, 5) is 2.50. The summed E-state index contributed by atoms with van der Waals surface area (Å²) in [6.45, 7) is 12.1. The van der Waals surface area contributed by atoms with Crippen LogP contribution in [0.25, 0.3) is 0 Å². The third-order valence-electron chi connectivity index (χ3n) is 6.20. The zero-order chi connectivity index (χ0) is 22.2. The Bertz CT molecular complexity index is 1030. The molecule has 1 unspecified atom stereocenters. The van der Waals surface area contributed by atoms with Crippen molar-refractivity contribution in [1.29, 1.82) is 0 Å². The van der Waals surface area contributed by atoms with E-state index in [4.69, 9.17) is 16.3 Å². The third kappa shape index (κ3) is 4.60. The largest absolute Gasteiger partial charge is 0.485 e. The average molecular weight is 434 g/mol. The number of nitrogens with zero attached hydrogens (tertiary/aromatic N) is 1. The van der Waals surface area contributed by atoms with Crippen LogP contribution in [0.5, 0.6) is 5.75 Å². The molecule has 3 aromatic rings. The molecule has 1 aliphatic rings. The average Bonchev–Trinajstić information content (AvgIpc) is 2.74. The van der Waals surface area contributed by atoms with Crippen molar-refractivity contribution in [3.63, 3.8) is 0 Å². The maximum absolute atomic E-state index is 6.58. The molecule has 1 atom stereocenters. The molecule has 0 N–H and O–H groups in total. The second-order valence-electron chi connectivity index (χ2n) is 10.0. The van der Waals surface area contributed by atoms with Gasteiger partial charge in [-0.2, -0.15) is 0 Å². The van der Waals surface area contributed by atoms with Gasteiger partial charge in [0.15, 0.2) is 0 Å². The van der Waals surface area contributed by atoms with E-state index < -0.39 is 5.60 Å². The minimum absolute atomic E-state index is 0.0913. The van der Waals surface area contributed by atoms with E-state index in [1.54, 1.807) is 0 Å². The van der Waals surface area contributed by atoms with Crippen molar-refractivity contribution in [3.05, 3.63) is 94.5 Å². The first-order valence-corrected chi connectivity index (χ1v) is 11.4. The molecular formula is C28H32ClNO. The summed E-state index contributed by atoms with van der Waals surface area (Å²) in [6, 6.07) is 25.6. The summed E-state index contributed by atoms with van der Waals surface area (Å²) < 4.78 is 6.58. The van der Waals surface area contributed by atoms with E-state index in [9.17, 15) is 0 Å². The van der Waals surface area contributed by atoms with E-state index in [0.29, 0.717) is 5.02 Å². The molecule has 0 radical (unpaired) electrons. The van der Waals surface area contributed by atoms with Gasteiger partial charge in [0.2, 0.25) is 0 Å². The fraction of sp³-hybridized carbons (Fsp3) is 0.357. The number of anilines is 1. The van der Waals surface area contributed by atoms with Gasteiger partial charge in [-0.1, -0.05) is 68.8 Å². The molecule has 1 aliphatic heterocycles. The summed E-state index contributed by atoms with van der Waals surface area (Å²) in [5.74, 6) is 0.834. The highest BCUT2D eigenvalue weighted by Gasteiger charge is 2.41. The van der Waals surface area contributed by atoms with Gasteiger partial charge in [0.05, 0.1) is 6.04 Å². The lowest BCUT2D eigenvalue weighted by Gasteiger charge is -2.47. The summed E-state index contributed by atoms with van der Waals surface area (Å²) in [7, 11) is 0. The Balaban J connectivity index is 1.73. The van der Waals surface area contributed by atoms with Crippen LogP contribution in [0, 0.1) is 0 Å². The van der Waals surface area contributed by atoms with Gasteiger partial charge < -0.3 is 9.64 Å². The zero-order valence-corrected chi connectivity index (χ0v) is 19.9. The monoisotopic (exact) mass is 433 g/mol. The van der Waals surface area contributed by atoms with Crippen LogP contribution in [0.4, 0.5) is 5.69 Å². The third-order valence-corrected chi connectivity index (χ3v) is 6.45. The quantitative estimate of drug-likeness (QED) is 0.420. The molecule has 3 aromatic carbocycles. The maximum Gasteiger partial charge on any atom is 0.128 e. The topological polar surface area (TPSA) is 12.5 Å². The van der Waals surface area contributed by atoms with Crippen molar-refractivity contribution in [2.75, 3.05) is 11.4 Å². The summed E-state index contributed by atoms with van der Waals surface area (Å²) >= 11 is 6.08. The second-order valence-corrected chi connectivity index (χ2v) is 10.4. The molecule has 0 saturated carbocycles. The van der Waals surface area contributed by atoms with Gasteiger partial charge in [0.1, 0.15) is 11.4 Å². The van der Waals surface area contributed by atoms with E-state index in [-0.39, 0.29) is 11.5 Å². The van der Waals surface area contributed by atoms with Crippen LogP contribution in [0.3, 0.4) is 0 Å². The highest BCUT2D eigenvalue weighted by Crippen LogP contribution is 2.42. The molecule has 0 spiro atoms. The smallest absolute Gasteiger partial charge is 0.128 e. The number of fused-ring (bicyclic) bond motifs is 1. The zero-order valence-electron chi connectivity index (χ0n) is 19.2. The molecule has 0 aliphatic carbocycles. The van der Waals surface area contributed by atoms with Crippen LogP contribution in [-0.2, 0) is 11.8 Å². The van der Waals surface area contributed by atoms with Crippen molar-refractivity contribution < 1.29 is 4.74 Å². The molecule has 3 heteroatoms. The summed E-state index contributed by atoms with van der Waals surface area (Å²) in [5.41, 5.74) is 5.02. The molecule has 162 valence electrons. The molecule has 2 nitrogen and oxygen atoms in total. The molecule has 31 heavy (non-hydrogen) atoms. The van der Waals surface area contributed by atoms with Gasteiger partial charge in [0, 0.05) is 17.3 Å². The van der Waals surface area contributed by atoms with Crippen LogP contribution >= 0.6 is 11.6 Å². The summed E-state index contributed by atoms with van der Waals surface area (Å²) in [5, 5.41) is 0.716. The highest BCUT2D eigenvalue weighted by atomic mass is 35.5. The SMILES string of the molecule is CC(C)(C)c1ccc(N2CCc3ccccc3C2C(C)(C)Oc2ccc(Cl)cc2)cc1. The molecule has 0 saturated heterocycles. The van der Waals surface area contributed by atoms with Gasteiger partial charge in [0.25, 0.3) is 0 Å². The number of hydrogen-bond donors (Lipinski definition) is 0. The van der Waals surface area contributed by atoms with E-state index in [2.05, 4.69) is 88.0 Å². The van der Waals surface area contributed by atoms with E-state index in [0.717, 1.165) is 18.7 Å². The molecular weight excluding hydrogens is 402 g/mol. The second kappa shape index (κ2) is 8.24. The Morgan fingerprint density at radius 3 is 2.13 bits per heavy atom. The lowest BCUT2D eigenvalue weighted by atomic mass is 9.82. The number of halogens is 1. The number of rotatable bonds is 4. The Morgan fingerprint density at radius 1 is 0.839 bits per heavy atom. The van der Waals surface area contributed by atoms with Gasteiger partial charge in [-0.25, -0.2) is 0 Å². The fourth-order valence-corrected chi connectivity index (χ4v) is 4.74. The summed E-state index contributed by atoms with van der Waals surface area (Å²) in [6.07, 6.45) is 1.03. The maximum atomic E-state index is 6.58. The normalized spacial score (nSPS) is 16.7. The standard InChI is InChI=1S/C28H32ClNO/c1-27(2,3)21-10-14-23(15-11-21)30-19-18-20-8-6-7-9-25(20)26(30)28(4,5)31-24-16-12-22(29)13-17-24/h6-17,26H,18-19H2,1-5H3. The minimum atomic E-state index is -0.451. The number of benzene rings is 3. The minimum Gasteiger partial charge on any atom is -0.485 e. The van der Waals surface area contributed by atoms with Gasteiger partial charge in [-0.15, -0.1) is 0 Å². The molecule has 0 aromatic heterocycles. The van der Waals surface area contributed by atoms with Crippen molar-refractivity contribution in [3.8, 4) is 5.75 Å². The molecule has 4 rings (SSSR count). The Hall–Kier alpha value is -2.45. The molecule has 1 heterocycles. The van der Waals surface area contributed by atoms with Gasteiger partial charge >= 0.3 is 0 Å². The fourth-order valence-electron chi connectivity index (χ4n) is 4.61. The van der Waals surface area contributed by atoms with Crippen LogP contribution in [0.15, 0.2) is 72.8 Å². The Labute approximate surface area is 191 Å². The number of hydrogen-bond acceptors (Lipinski definition) is 2. The first kappa shape index (κ1) is 21.8. The Kier molecular flexibility index (Phi) is 5.79. The van der Waals surface area contributed by atoms with E-state index in [1.165, 1.54) is 22.4 Å². The van der Waals surface area contributed by atoms with Crippen LogP contribution in [-0.4, -0.2) is 12.1 Å². The predicted octanol–water partition coefficient (Wildman–Crippen LogP) is 7.60. The van der Waals surface area contributed by atoms with Crippen LogP contribution in [0.1, 0.15) is 57.4 Å². The van der Waals surface area contributed by atoms with Gasteiger partial charge in [-0.05, 0) is 78.8 Å². The van der Waals surface area contributed by atoms with Gasteiger partial charge in [-0.3, -0.25) is 0 Å². The van der Waals surface area contributed by atoms with Crippen molar-refractivity contribution in [2.45, 2.75) is 58.1 Å². The van der Waals surface area contributed by atoms with Crippen LogP contribution in [0.2, 0.25) is 5.02 Å².